The third-order valence-corrected chi connectivity index (χ3v) is 4.90. The Labute approximate surface area is 155 Å². The summed E-state index contributed by atoms with van der Waals surface area (Å²) in [7, 11) is 0. The van der Waals surface area contributed by atoms with Gasteiger partial charge >= 0.3 is 0 Å². The number of rotatable bonds is 4. The summed E-state index contributed by atoms with van der Waals surface area (Å²) >= 11 is 3.33. The van der Waals surface area contributed by atoms with Crippen molar-refractivity contribution in [3.63, 3.8) is 0 Å². The number of nitrogens with zero attached hydrogens (tertiary/aromatic N) is 3. The number of nitrogens with one attached hydrogen (secondary N) is 1. The smallest absolute Gasteiger partial charge is 0.228 e. The van der Waals surface area contributed by atoms with Crippen LogP contribution in [0, 0.1) is 17.2 Å². The number of carbonyl (C=O) groups excluding carboxylic acids is 1. The van der Waals surface area contributed by atoms with E-state index in [9.17, 15) is 4.79 Å². The van der Waals surface area contributed by atoms with Gasteiger partial charge in [-0.15, -0.1) is 0 Å². The number of aromatic nitrogens is 1. The number of halogens is 1. The predicted molar refractivity (Wildman–Crippen MR) is 99.7 cm³/mol. The first-order chi connectivity index (χ1) is 12.1. The van der Waals surface area contributed by atoms with Crippen molar-refractivity contribution in [1.29, 1.82) is 5.26 Å². The van der Waals surface area contributed by atoms with Crippen LogP contribution in [0.3, 0.4) is 0 Å². The SMILES string of the molecule is N#Cc1ccc(CN2CCC(C(=O)Nc3ccc(Br)cn3)CC2)cc1. The van der Waals surface area contributed by atoms with E-state index in [1.807, 2.05) is 30.3 Å². The molecular formula is C19H19BrN4O. The van der Waals surface area contributed by atoms with Gasteiger partial charge < -0.3 is 5.32 Å². The quantitative estimate of drug-likeness (QED) is 0.854. The summed E-state index contributed by atoms with van der Waals surface area (Å²) in [4.78, 5) is 18.9. The van der Waals surface area contributed by atoms with E-state index in [1.165, 1.54) is 5.56 Å². The predicted octanol–water partition coefficient (Wildman–Crippen LogP) is 3.57. The number of hydrogen-bond donors (Lipinski definition) is 1. The zero-order valence-electron chi connectivity index (χ0n) is 13.8. The van der Waals surface area contributed by atoms with Crippen LogP contribution in [0.5, 0.6) is 0 Å². The van der Waals surface area contributed by atoms with Crippen molar-refractivity contribution in [2.75, 3.05) is 18.4 Å². The van der Waals surface area contributed by atoms with E-state index < -0.39 is 0 Å². The normalized spacial score (nSPS) is 15.5. The standard InChI is InChI=1S/C19H19BrN4O/c20-17-5-6-18(22-12-17)23-19(25)16-7-9-24(10-8-16)13-15-3-1-14(11-21)2-4-15/h1-6,12,16H,7-10,13H2,(H,22,23,25). The number of carbonyl (C=O) groups is 1. The van der Waals surface area contributed by atoms with Crippen LogP contribution in [0.25, 0.3) is 0 Å². The maximum Gasteiger partial charge on any atom is 0.228 e. The first kappa shape index (κ1) is 17.6. The summed E-state index contributed by atoms with van der Waals surface area (Å²) in [5, 5.41) is 11.7. The fourth-order valence-electron chi connectivity index (χ4n) is 2.97. The van der Waals surface area contributed by atoms with Gasteiger partial charge in [0, 0.05) is 23.1 Å². The molecule has 1 aromatic heterocycles. The molecule has 2 heterocycles. The number of amides is 1. The molecule has 1 saturated heterocycles. The maximum atomic E-state index is 12.4. The van der Waals surface area contributed by atoms with Crippen molar-refractivity contribution in [3.8, 4) is 6.07 Å². The minimum Gasteiger partial charge on any atom is -0.310 e. The van der Waals surface area contributed by atoms with Crippen LogP contribution in [0.1, 0.15) is 24.0 Å². The van der Waals surface area contributed by atoms with E-state index in [0.717, 1.165) is 36.9 Å². The van der Waals surface area contributed by atoms with Crippen molar-refractivity contribution in [3.05, 3.63) is 58.2 Å². The molecule has 1 fully saturated rings. The van der Waals surface area contributed by atoms with Crippen LogP contribution >= 0.6 is 15.9 Å². The summed E-state index contributed by atoms with van der Waals surface area (Å²) in [6.45, 7) is 2.64. The van der Waals surface area contributed by atoms with E-state index in [4.69, 9.17) is 5.26 Å². The molecule has 1 aromatic carbocycles. The highest BCUT2D eigenvalue weighted by Gasteiger charge is 2.25. The van der Waals surface area contributed by atoms with Crippen molar-refractivity contribution < 1.29 is 4.79 Å². The molecule has 1 amide bonds. The second-order valence-corrected chi connectivity index (χ2v) is 7.13. The van der Waals surface area contributed by atoms with E-state index in [2.05, 4.69) is 37.2 Å². The minimum atomic E-state index is 0.0302. The van der Waals surface area contributed by atoms with Gasteiger partial charge in [0.05, 0.1) is 11.6 Å². The molecule has 0 saturated carbocycles. The Hall–Kier alpha value is -2.23. The summed E-state index contributed by atoms with van der Waals surface area (Å²) < 4.78 is 0.890. The average molecular weight is 399 g/mol. The highest BCUT2D eigenvalue weighted by molar-refractivity contribution is 9.10. The Balaban J connectivity index is 1.48. The van der Waals surface area contributed by atoms with Gasteiger partial charge in [-0.1, -0.05) is 12.1 Å². The monoisotopic (exact) mass is 398 g/mol. The van der Waals surface area contributed by atoms with Crippen LogP contribution in [-0.4, -0.2) is 28.9 Å². The molecule has 128 valence electrons. The molecular weight excluding hydrogens is 380 g/mol. The molecule has 0 unspecified atom stereocenters. The highest BCUT2D eigenvalue weighted by atomic mass is 79.9. The molecule has 0 atom stereocenters. The number of pyridine rings is 1. The molecule has 1 aliphatic heterocycles. The van der Waals surface area contributed by atoms with E-state index >= 15 is 0 Å². The summed E-state index contributed by atoms with van der Waals surface area (Å²) in [5.41, 5.74) is 1.88. The molecule has 0 radical (unpaired) electrons. The molecule has 0 aliphatic carbocycles. The number of nitriles is 1. The van der Waals surface area contributed by atoms with E-state index in [0.29, 0.717) is 11.4 Å². The fraction of sp³-hybridized carbons (Fsp3) is 0.316. The number of likely N-dealkylation sites (tertiary alicyclic amines) is 1. The third kappa shape index (κ3) is 4.88. The molecule has 0 spiro atoms. The van der Waals surface area contributed by atoms with Crippen LogP contribution in [0.15, 0.2) is 47.1 Å². The Bertz CT molecular complexity index is 760. The first-order valence-electron chi connectivity index (χ1n) is 8.28. The van der Waals surface area contributed by atoms with Crippen molar-refractivity contribution >= 4 is 27.7 Å². The number of benzene rings is 1. The molecule has 3 rings (SSSR count). The summed E-state index contributed by atoms with van der Waals surface area (Å²) in [6, 6.07) is 13.5. The second-order valence-electron chi connectivity index (χ2n) is 6.21. The van der Waals surface area contributed by atoms with Gasteiger partial charge in [0.1, 0.15) is 5.82 Å². The van der Waals surface area contributed by atoms with E-state index in [1.54, 1.807) is 12.3 Å². The van der Waals surface area contributed by atoms with Crippen LogP contribution in [-0.2, 0) is 11.3 Å². The first-order valence-corrected chi connectivity index (χ1v) is 9.07. The second kappa shape index (κ2) is 8.24. The molecule has 0 bridgehead atoms. The van der Waals surface area contributed by atoms with E-state index in [-0.39, 0.29) is 11.8 Å². The zero-order chi connectivity index (χ0) is 17.6. The Kier molecular flexibility index (Phi) is 5.79. The van der Waals surface area contributed by atoms with Gasteiger partial charge in [-0.3, -0.25) is 9.69 Å². The topological polar surface area (TPSA) is 69.0 Å². The Morgan fingerprint density at radius 2 is 1.96 bits per heavy atom. The molecule has 1 aliphatic rings. The van der Waals surface area contributed by atoms with Gasteiger partial charge in [-0.25, -0.2) is 4.98 Å². The van der Waals surface area contributed by atoms with Crippen LogP contribution < -0.4 is 5.32 Å². The maximum absolute atomic E-state index is 12.4. The molecule has 25 heavy (non-hydrogen) atoms. The highest BCUT2D eigenvalue weighted by Crippen LogP contribution is 2.21. The molecule has 1 N–H and O–H groups in total. The van der Waals surface area contributed by atoms with Gasteiger partial charge in [-0.05, 0) is 71.7 Å². The third-order valence-electron chi connectivity index (χ3n) is 4.43. The minimum absolute atomic E-state index is 0.0302. The lowest BCUT2D eigenvalue weighted by Gasteiger charge is -2.31. The largest absolute Gasteiger partial charge is 0.310 e. The average Bonchev–Trinajstić information content (AvgIpc) is 2.65. The van der Waals surface area contributed by atoms with Gasteiger partial charge in [0.15, 0.2) is 0 Å². The molecule has 5 nitrogen and oxygen atoms in total. The number of hydrogen-bond acceptors (Lipinski definition) is 4. The van der Waals surface area contributed by atoms with Gasteiger partial charge in [-0.2, -0.15) is 5.26 Å². The van der Waals surface area contributed by atoms with Crippen LogP contribution in [0.2, 0.25) is 0 Å². The summed E-state index contributed by atoms with van der Waals surface area (Å²) in [5.74, 6) is 0.670. The van der Waals surface area contributed by atoms with Crippen molar-refractivity contribution in [1.82, 2.24) is 9.88 Å². The zero-order valence-corrected chi connectivity index (χ0v) is 15.4. The van der Waals surface area contributed by atoms with Crippen molar-refractivity contribution in [2.24, 2.45) is 5.92 Å². The number of anilines is 1. The fourth-order valence-corrected chi connectivity index (χ4v) is 3.21. The summed E-state index contributed by atoms with van der Waals surface area (Å²) in [6.07, 6.45) is 3.37. The Morgan fingerprint density at radius 1 is 1.24 bits per heavy atom. The molecule has 2 aromatic rings. The lowest BCUT2D eigenvalue weighted by Crippen LogP contribution is -2.37. The Morgan fingerprint density at radius 3 is 2.56 bits per heavy atom. The van der Waals surface area contributed by atoms with Gasteiger partial charge in [0.2, 0.25) is 5.91 Å². The molecule has 6 heteroatoms. The van der Waals surface area contributed by atoms with Crippen molar-refractivity contribution in [2.45, 2.75) is 19.4 Å². The lowest BCUT2D eigenvalue weighted by molar-refractivity contribution is -0.121. The van der Waals surface area contributed by atoms with Crippen LogP contribution in [0.4, 0.5) is 5.82 Å². The lowest BCUT2D eigenvalue weighted by atomic mass is 9.95. The number of piperidine rings is 1. The van der Waals surface area contributed by atoms with Gasteiger partial charge in [0.25, 0.3) is 0 Å².